The summed E-state index contributed by atoms with van der Waals surface area (Å²) in [7, 11) is 0. The minimum Gasteiger partial charge on any atom is -0.452 e. The van der Waals surface area contributed by atoms with Crippen molar-refractivity contribution in [1.29, 1.82) is 0 Å². The highest BCUT2D eigenvalue weighted by molar-refractivity contribution is 6.34. The molecular weight excluding hydrogens is 442 g/mol. The first-order chi connectivity index (χ1) is 16.0. The number of rotatable bonds is 5. The molecule has 3 aromatic carbocycles. The minimum absolute atomic E-state index is 0.388. The molecular formula is C24H18ClN5O3. The third-order valence-corrected chi connectivity index (χ3v) is 5.58. The summed E-state index contributed by atoms with van der Waals surface area (Å²) in [6, 6.07) is 20.0. The number of ether oxygens (including phenoxy) is 1. The Kier molecular flexibility index (Phi) is 5.27. The van der Waals surface area contributed by atoms with Gasteiger partial charge < -0.3 is 10.1 Å². The summed E-state index contributed by atoms with van der Waals surface area (Å²) in [6.45, 7) is 1.43. The molecule has 0 radical (unpaired) electrons. The van der Waals surface area contributed by atoms with Crippen molar-refractivity contribution < 1.29 is 14.3 Å². The summed E-state index contributed by atoms with van der Waals surface area (Å²) in [6.07, 6.45) is 0. The van der Waals surface area contributed by atoms with Crippen LogP contribution in [-0.2, 0) is 9.53 Å². The summed E-state index contributed by atoms with van der Waals surface area (Å²) in [4.78, 5) is 29.1. The van der Waals surface area contributed by atoms with E-state index in [9.17, 15) is 9.59 Å². The second kappa shape index (κ2) is 8.40. The number of hydrogen-bond acceptors (Lipinski definition) is 5. The molecule has 2 heterocycles. The molecule has 8 nitrogen and oxygen atoms in total. The number of benzene rings is 3. The largest absolute Gasteiger partial charge is 0.452 e. The predicted molar refractivity (Wildman–Crippen MR) is 125 cm³/mol. The molecule has 33 heavy (non-hydrogen) atoms. The molecule has 0 fully saturated rings. The van der Waals surface area contributed by atoms with E-state index < -0.39 is 18.5 Å². The molecule has 0 spiro atoms. The zero-order valence-electron chi connectivity index (χ0n) is 17.5. The Morgan fingerprint density at radius 1 is 1.06 bits per heavy atom. The van der Waals surface area contributed by atoms with Crippen LogP contribution in [0.2, 0.25) is 5.02 Å². The Hall–Kier alpha value is -4.17. The molecule has 0 aliphatic rings. The van der Waals surface area contributed by atoms with Gasteiger partial charge in [-0.3, -0.25) is 9.89 Å². The Labute approximate surface area is 193 Å². The molecule has 5 aromatic rings. The summed E-state index contributed by atoms with van der Waals surface area (Å²) >= 11 is 6.22. The molecule has 0 aliphatic carbocycles. The van der Waals surface area contributed by atoms with Crippen molar-refractivity contribution in [3.8, 4) is 11.4 Å². The average molecular weight is 460 g/mol. The summed E-state index contributed by atoms with van der Waals surface area (Å²) in [5.41, 5.74) is 2.92. The molecule has 5 rings (SSSR count). The normalized spacial score (nSPS) is 11.1. The van der Waals surface area contributed by atoms with Crippen molar-refractivity contribution in [2.45, 2.75) is 6.92 Å². The summed E-state index contributed by atoms with van der Waals surface area (Å²) in [5.74, 6) is -0.555. The van der Waals surface area contributed by atoms with Crippen molar-refractivity contribution in [1.82, 2.24) is 19.8 Å². The van der Waals surface area contributed by atoms with E-state index in [1.807, 2.05) is 43.3 Å². The monoisotopic (exact) mass is 459 g/mol. The van der Waals surface area contributed by atoms with Gasteiger partial charge in [-0.05, 0) is 42.0 Å². The van der Waals surface area contributed by atoms with Crippen LogP contribution in [0.4, 0.5) is 5.69 Å². The molecule has 164 valence electrons. The standard InChI is InChI=1S/C24H18ClN5O3/c1-14-21(25)23-27-22(29-30(23)28-14)17-7-4-8-19(12-17)26-20(31)13-33-24(32)18-10-9-15-5-2-3-6-16(15)11-18/h2-12,28H,13H2,1H3,(H,26,31). The second-order valence-electron chi connectivity index (χ2n) is 7.49. The first-order valence-electron chi connectivity index (χ1n) is 10.1. The van der Waals surface area contributed by atoms with Gasteiger partial charge in [0.1, 0.15) is 5.02 Å². The van der Waals surface area contributed by atoms with E-state index in [0.29, 0.717) is 33.3 Å². The Morgan fingerprint density at radius 3 is 2.70 bits per heavy atom. The Morgan fingerprint density at radius 2 is 1.88 bits per heavy atom. The van der Waals surface area contributed by atoms with Crippen molar-refractivity contribution in [3.63, 3.8) is 0 Å². The number of aromatic nitrogens is 4. The van der Waals surface area contributed by atoms with Gasteiger partial charge in [0.15, 0.2) is 18.1 Å². The number of nitrogens with zero attached hydrogens (tertiary/aromatic N) is 3. The minimum atomic E-state index is -0.561. The van der Waals surface area contributed by atoms with Crippen molar-refractivity contribution in [2.24, 2.45) is 0 Å². The number of fused-ring (bicyclic) bond motifs is 2. The number of esters is 1. The molecule has 0 saturated carbocycles. The van der Waals surface area contributed by atoms with Crippen LogP contribution in [-0.4, -0.2) is 38.3 Å². The lowest BCUT2D eigenvalue weighted by molar-refractivity contribution is -0.119. The van der Waals surface area contributed by atoms with Gasteiger partial charge >= 0.3 is 5.97 Å². The van der Waals surface area contributed by atoms with Crippen molar-refractivity contribution >= 4 is 45.6 Å². The number of amides is 1. The van der Waals surface area contributed by atoms with E-state index in [2.05, 4.69) is 20.5 Å². The van der Waals surface area contributed by atoms with Gasteiger partial charge in [-0.15, -0.1) is 5.10 Å². The molecule has 0 bridgehead atoms. The molecule has 2 aromatic heterocycles. The van der Waals surface area contributed by atoms with E-state index in [1.54, 1.807) is 30.3 Å². The first-order valence-corrected chi connectivity index (χ1v) is 10.5. The van der Waals surface area contributed by atoms with E-state index in [1.165, 1.54) is 4.63 Å². The van der Waals surface area contributed by atoms with Gasteiger partial charge in [0.05, 0.1) is 11.3 Å². The topological polar surface area (TPSA) is 101 Å². The van der Waals surface area contributed by atoms with Crippen LogP contribution in [0.3, 0.4) is 0 Å². The molecule has 2 N–H and O–H groups in total. The number of nitrogens with one attached hydrogen (secondary N) is 2. The van der Waals surface area contributed by atoms with E-state index >= 15 is 0 Å². The second-order valence-corrected chi connectivity index (χ2v) is 7.87. The van der Waals surface area contributed by atoms with Crippen LogP contribution in [0.25, 0.3) is 27.8 Å². The fraction of sp³-hybridized carbons (Fsp3) is 0.0833. The van der Waals surface area contributed by atoms with Gasteiger partial charge in [0.25, 0.3) is 5.91 Å². The first kappa shape index (κ1) is 20.7. The SMILES string of the molecule is Cc1[nH]n2nc(-c3cccc(NC(=O)COC(=O)c4ccc5ccccc5c4)c3)nc2c1Cl. The van der Waals surface area contributed by atoms with E-state index in [0.717, 1.165) is 16.5 Å². The number of carbonyl (C=O) groups excluding carboxylic acids is 2. The molecule has 0 saturated heterocycles. The van der Waals surface area contributed by atoms with Crippen LogP contribution >= 0.6 is 11.6 Å². The number of H-pyrrole nitrogens is 1. The van der Waals surface area contributed by atoms with Crippen LogP contribution in [0.5, 0.6) is 0 Å². The van der Waals surface area contributed by atoms with Gasteiger partial charge in [0, 0.05) is 11.3 Å². The lowest BCUT2D eigenvalue weighted by Gasteiger charge is -2.08. The number of anilines is 1. The molecule has 1 amide bonds. The van der Waals surface area contributed by atoms with Gasteiger partial charge in [-0.25, -0.2) is 9.78 Å². The summed E-state index contributed by atoms with van der Waals surface area (Å²) < 4.78 is 6.69. The number of hydrogen-bond donors (Lipinski definition) is 2. The maximum atomic E-state index is 12.4. The number of aromatic amines is 1. The third-order valence-electron chi connectivity index (χ3n) is 5.13. The Bertz CT molecular complexity index is 1520. The molecule has 0 aliphatic heterocycles. The van der Waals surface area contributed by atoms with Crippen molar-refractivity contribution in [2.75, 3.05) is 11.9 Å². The van der Waals surface area contributed by atoms with Crippen LogP contribution in [0.15, 0.2) is 66.7 Å². The molecule has 9 heteroatoms. The highest BCUT2D eigenvalue weighted by Gasteiger charge is 2.15. The van der Waals surface area contributed by atoms with Gasteiger partial charge in [-0.2, -0.15) is 4.63 Å². The third kappa shape index (κ3) is 4.16. The predicted octanol–water partition coefficient (Wildman–Crippen LogP) is 4.63. The van der Waals surface area contributed by atoms with E-state index in [-0.39, 0.29) is 0 Å². The fourth-order valence-corrected chi connectivity index (χ4v) is 3.66. The van der Waals surface area contributed by atoms with Gasteiger partial charge in [0.2, 0.25) is 0 Å². The van der Waals surface area contributed by atoms with Crippen molar-refractivity contribution in [3.05, 3.63) is 83.0 Å². The average Bonchev–Trinajstić information content (AvgIpc) is 3.36. The maximum absolute atomic E-state index is 12.4. The highest BCUT2D eigenvalue weighted by atomic mass is 35.5. The Balaban J connectivity index is 1.24. The number of halogens is 1. The van der Waals surface area contributed by atoms with Crippen LogP contribution in [0, 0.1) is 6.92 Å². The lowest BCUT2D eigenvalue weighted by Crippen LogP contribution is -2.20. The molecule has 0 atom stereocenters. The van der Waals surface area contributed by atoms with Gasteiger partial charge in [-0.1, -0.05) is 54.1 Å². The molecule has 0 unspecified atom stereocenters. The zero-order chi connectivity index (χ0) is 22.9. The quantitative estimate of drug-likeness (QED) is 0.373. The fourth-order valence-electron chi connectivity index (χ4n) is 3.49. The number of aryl methyl sites for hydroxylation is 1. The lowest BCUT2D eigenvalue weighted by atomic mass is 10.1. The van der Waals surface area contributed by atoms with Crippen LogP contribution < -0.4 is 5.32 Å². The highest BCUT2D eigenvalue weighted by Crippen LogP contribution is 2.24. The van der Waals surface area contributed by atoms with Crippen LogP contribution in [0.1, 0.15) is 16.1 Å². The number of carbonyl (C=O) groups is 2. The van der Waals surface area contributed by atoms with E-state index in [4.69, 9.17) is 16.3 Å². The zero-order valence-corrected chi connectivity index (χ0v) is 18.3. The maximum Gasteiger partial charge on any atom is 0.338 e. The summed E-state index contributed by atoms with van der Waals surface area (Å²) in [5, 5.41) is 12.6. The smallest absolute Gasteiger partial charge is 0.338 e.